The van der Waals surface area contributed by atoms with Crippen LogP contribution in [0.1, 0.15) is 39.8 Å². The Kier molecular flexibility index (Phi) is 5.89. The Labute approximate surface area is 121 Å². The van der Waals surface area contributed by atoms with Crippen molar-refractivity contribution in [3.05, 3.63) is 18.0 Å². The largest absolute Gasteiger partial charge is 0.349 e. The van der Waals surface area contributed by atoms with Crippen LogP contribution in [0.25, 0.3) is 0 Å². The number of rotatable bonds is 7. The molecule has 0 saturated carbocycles. The summed E-state index contributed by atoms with van der Waals surface area (Å²) in [4.78, 5) is 0.340. The molecule has 6 heteroatoms. The van der Waals surface area contributed by atoms with Gasteiger partial charge in [-0.15, -0.1) is 11.6 Å². The van der Waals surface area contributed by atoms with E-state index in [0.29, 0.717) is 23.9 Å². The van der Waals surface area contributed by atoms with Crippen molar-refractivity contribution in [1.29, 1.82) is 0 Å². The summed E-state index contributed by atoms with van der Waals surface area (Å²) in [6, 6.07) is 1.63. The highest BCUT2D eigenvalue weighted by molar-refractivity contribution is 7.89. The van der Waals surface area contributed by atoms with E-state index in [9.17, 15) is 8.42 Å². The van der Waals surface area contributed by atoms with Crippen LogP contribution in [-0.4, -0.2) is 29.9 Å². The topological polar surface area (TPSA) is 42.3 Å². The molecular weight excluding hydrogens is 284 g/mol. The zero-order valence-corrected chi connectivity index (χ0v) is 13.6. The predicted octanol–water partition coefficient (Wildman–Crippen LogP) is 3.06. The van der Waals surface area contributed by atoms with Crippen LogP contribution in [0.15, 0.2) is 17.2 Å². The molecule has 0 radical (unpaired) electrons. The summed E-state index contributed by atoms with van der Waals surface area (Å²) in [5.74, 6) is 0.318. The van der Waals surface area contributed by atoms with Gasteiger partial charge in [-0.2, -0.15) is 4.31 Å². The van der Waals surface area contributed by atoms with Crippen LogP contribution in [0.2, 0.25) is 0 Å². The lowest BCUT2D eigenvalue weighted by Crippen LogP contribution is -2.37. The van der Waals surface area contributed by atoms with E-state index in [1.807, 2.05) is 32.3 Å². The van der Waals surface area contributed by atoms with Gasteiger partial charge in [-0.1, -0.05) is 6.92 Å². The summed E-state index contributed by atoms with van der Waals surface area (Å²) in [6.07, 6.45) is 2.48. The monoisotopic (exact) mass is 306 g/mol. The summed E-state index contributed by atoms with van der Waals surface area (Å²) in [5, 5.41) is 0. The maximum Gasteiger partial charge on any atom is 0.244 e. The van der Waals surface area contributed by atoms with E-state index < -0.39 is 10.0 Å². The van der Waals surface area contributed by atoms with Gasteiger partial charge < -0.3 is 4.57 Å². The van der Waals surface area contributed by atoms with Gasteiger partial charge in [0.25, 0.3) is 0 Å². The fraction of sp³-hybridized carbons (Fsp3) is 0.692. The van der Waals surface area contributed by atoms with Gasteiger partial charge in [-0.05, 0) is 33.3 Å². The number of aromatic nitrogens is 1. The van der Waals surface area contributed by atoms with Gasteiger partial charge in [-0.25, -0.2) is 8.42 Å². The molecule has 0 unspecified atom stereocenters. The molecular formula is C13H23ClN2O2S. The molecule has 0 spiro atoms. The summed E-state index contributed by atoms with van der Waals surface area (Å²) >= 11 is 5.85. The van der Waals surface area contributed by atoms with Crippen LogP contribution >= 0.6 is 11.6 Å². The molecule has 1 aromatic rings. The molecule has 110 valence electrons. The number of alkyl halides is 1. The maximum atomic E-state index is 12.6. The number of hydrogen-bond acceptors (Lipinski definition) is 2. The Balaban J connectivity index is 3.21. The minimum atomic E-state index is -3.43. The summed E-state index contributed by atoms with van der Waals surface area (Å²) in [5.41, 5.74) is 0.836. The van der Waals surface area contributed by atoms with E-state index in [1.54, 1.807) is 16.6 Å². The Morgan fingerprint density at radius 3 is 2.37 bits per heavy atom. The van der Waals surface area contributed by atoms with Crippen molar-refractivity contribution < 1.29 is 8.42 Å². The third-order valence-corrected chi connectivity index (χ3v) is 5.38. The lowest BCUT2D eigenvalue weighted by Gasteiger charge is -2.24. The molecule has 0 aromatic carbocycles. The molecule has 0 aliphatic carbocycles. The summed E-state index contributed by atoms with van der Waals surface area (Å²) in [6.45, 7) is 8.99. The highest BCUT2D eigenvalue weighted by Gasteiger charge is 2.27. The number of sulfonamides is 1. The van der Waals surface area contributed by atoms with Gasteiger partial charge >= 0.3 is 0 Å². The highest BCUT2D eigenvalue weighted by atomic mass is 35.5. The molecule has 1 heterocycles. The second-order valence-electron chi connectivity index (χ2n) is 4.80. The van der Waals surface area contributed by atoms with Crippen LogP contribution in [0.5, 0.6) is 0 Å². The van der Waals surface area contributed by atoms with Gasteiger partial charge in [0, 0.05) is 31.0 Å². The molecule has 0 atom stereocenters. The smallest absolute Gasteiger partial charge is 0.244 e. The van der Waals surface area contributed by atoms with E-state index in [4.69, 9.17) is 11.6 Å². The molecule has 19 heavy (non-hydrogen) atoms. The normalized spacial score (nSPS) is 12.6. The van der Waals surface area contributed by atoms with Crippen molar-refractivity contribution in [1.82, 2.24) is 8.87 Å². The first-order valence-electron chi connectivity index (χ1n) is 6.65. The Morgan fingerprint density at radius 2 is 2.00 bits per heavy atom. The number of nitrogens with zero attached hydrogens (tertiary/aromatic N) is 2. The van der Waals surface area contributed by atoms with Crippen molar-refractivity contribution in [2.45, 2.75) is 57.5 Å². The highest BCUT2D eigenvalue weighted by Crippen LogP contribution is 2.22. The van der Waals surface area contributed by atoms with Crippen molar-refractivity contribution in [3.8, 4) is 0 Å². The van der Waals surface area contributed by atoms with E-state index in [2.05, 4.69) is 0 Å². The summed E-state index contributed by atoms with van der Waals surface area (Å²) < 4.78 is 28.7. The third-order valence-electron chi connectivity index (χ3n) is 3.07. The average molecular weight is 307 g/mol. The first-order valence-corrected chi connectivity index (χ1v) is 8.62. The zero-order valence-electron chi connectivity index (χ0n) is 12.1. The molecule has 0 aliphatic rings. The zero-order chi connectivity index (χ0) is 14.6. The minimum absolute atomic E-state index is 0.0469. The van der Waals surface area contributed by atoms with Gasteiger partial charge in [0.05, 0.1) is 5.88 Å². The van der Waals surface area contributed by atoms with Crippen LogP contribution in [-0.2, 0) is 22.4 Å². The van der Waals surface area contributed by atoms with Crippen LogP contribution in [0.4, 0.5) is 0 Å². The standard InChI is InChI=1S/C13H23ClN2O2S/c1-5-7-16(11(3)4)19(17,18)13-8-12(9-14)15(6-2)10-13/h8,10-11H,5-7,9H2,1-4H3. The van der Waals surface area contributed by atoms with E-state index >= 15 is 0 Å². The van der Waals surface area contributed by atoms with Crippen molar-refractivity contribution >= 4 is 21.6 Å². The van der Waals surface area contributed by atoms with E-state index in [-0.39, 0.29) is 6.04 Å². The average Bonchev–Trinajstić information content (AvgIpc) is 2.79. The summed E-state index contributed by atoms with van der Waals surface area (Å²) in [7, 11) is -3.43. The lowest BCUT2D eigenvalue weighted by atomic mass is 10.4. The minimum Gasteiger partial charge on any atom is -0.349 e. The quantitative estimate of drug-likeness (QED) is 0.727. The SMILES string of the molecule is CCCN(C(C)C)S(=O)(=O)c1cc(CCl)n(CC)c1. The van der Waals surface area contributed by atoms with Crippen LogP contribution in [0, 0.1) is 0 Å². The molecule has 0 saturated heterocycles. The van der Waals surface area contributed by atoms with Gasteiger partial charge in [0.1, 0.15) is 4.90 Å². The fourth-order valence-corrected chi connectivity index (χ4v) is 4.11. The van der Waals surface area contributed by atoms with Crippen molar-refractivity contribution in [2.24, 2.45) is 0 Å². The number of hydrogen-bond donors (Lipinski definition) is 0. The first kappa shape index (κ1) is 16.5. The van der Waals surface area contributed by atoms with Gasteiger partial charge in [-0.3, -0.25) is 0 Å². The first-order chi connectivity index (χ1) is 8.88. The molecule has 1 aromatic heterocycles. The Morgan fingerprint density at radius 1 is 1.37 bits per heavy atom. The maximum absolute atomic E-state index is 12.6. The molecule has 0 bridgehead atoms. The van der Waals surface area contributed by atoms with E-state index in [0.717, 1.165) is 12.1 Å². The van der Waals surface area contributed by atoms with Crippen molar-refractivity contribution in [2.75, 3.05) is 6.54 Å². The lowest BCUT2D eigenvalue weighted by molar-refractivity contribution is 0.354. The van der Waals surface area contributed by atoms with Gasteiger partial charge in [0.15, 0.2) is 0 Å². The number of halogens is 1. The van der Waals surface area contributed by atoms with Crippen molar-refractivity contribution in [3.63, 3.8) is 0 Å². The molecule has 1 rings (SSSR count). The van der Waals surface area contributed by atoms with Crippen LogP contribution in [0.3, 0.4) is 0 Å². The van der Waals surface area contributed by atoms with Crippen LogP contribution < -0.4 is 0 Å². The Bertz CT molecular complexity index is 487. The second-order valence-corrected chi connectivity index (χ2v) is 6.95. The van der Waals surface area contributed by atoms with E-state index in [1.165, 1.54) is 0 Å². The molecule has 0 N–H and O–H groups in total. The molecule has 0 fully saturated rings. The Hall–Kier alpha value is -0.520. The second kappa shape index (κ2) is 6.77. The number of aryl methyl sites for hydroxylation is 1. The fourth-order valence-electron chi connectivity index (χ4n) is 2.08. The molecule has 0 amide bonds. The molecule has 4 nitrogen and oxygen atoms in total. The predicted molar refractivity (Wildman–Crippen MR) is 79.0 cm³/mol. The van der Waals surface area contributed by atoms with Gasteiger partial charge in [0.2, 0.25) is 10.0 Å². The molecule has 0 aliphatic heterocycles. The third kappa shape index (κ3) is 3.52.